The van der Waals surface area contributed by atoms with E-state index in [1.807, 2.05) is 6.07 Å². The van der Waals surface area contributed by atoms with Crippen LogP contribution < -0.4 is 10.6 Å². The molecule has 3 N–H and O–H groups in total. The Kier molecular flexibility index (Phi) is 4.71. The summed E-state index contributed by atoms with van der Waals surface area (Å²) in [5.41, 5.74) is 2.47. The van der Waals surface area contributed by atoms with Gasteiger partial charge >= 0.3 is 0 Å². The van der Waals surface area contributed by atoms with Crippen LogP contribution in [0.2, 0.25) is 0 Å². The molecule has 0 saturated heterocycles. The van der Waals surface area contributed by atoms with Gasteiger partial charge in [-0.15, -0.1) is 5.10 Å². The molecule has 2 aromatic heterocycles. The third-order valence-electron chi connectivity index (χ3n) is 3.92. The van der Waals surface area contributed by atoms with Crippen LogP contribution in [0.4, 0.5) is 11.8 Å². The molecule has 0 bridgehead atoms. The molecule has 0 aliphatic heterocycles. The lowest BCUT2D eigenvalue weighted by Crippen LogP contribution is -2.17. The maximum Gasteiger partial charge on any atom is 0.244 e. The summed E-state index contributed by atoms with van der Waals surface area (Å²) in [6.07, 6.45) is 5.65. The predicted octanol–water partition coefficient (Wildman–Crippen LogP) is 3.22. The first-order valence-electron chi connectivity index (χ1n) is 8.01. The van der Waals surface area contributed by atoms with Gasteiger partial charge in [0.25, 0.3) is 0 Å². The van der Waals surface area contributed by atoms with Gasteiger partial charge in [-0.1, -0.05) is 25.1 Å². The standard InChI is InChI=1S/C17H22N6/c1-3-12(2)21-17-22-16(11-20-23-17)18-9-8-13-10-19-15-7-5-4-6-14(13)15/h4-7,10-12,19H,3,8-9H2,1-2H3,(H2,18,21,22,23). The minimum atomic E-state index is 0.332. The van der Waals surface area contributed by atoms with Gasteiger partial charge in [-0.2, -0.15) is 10.1 Å². The topological polar surface area (TPSA) is 78.5 Å². The van der Waals surface area contributed by atoms with E-state index in [0.29, 0.717) is 12.0 Å². The first-order valence-corrected chi connectivity index (χ1v) is 8.01. The summed E-state index contributed by atoms with van der Waals surface area (Å²) in [6, 6.07) is 8.67. The van der Waals surface area contributed by atoms with E-state index in [9.17, 15) is 0 Å². The van der Waals surface area contributed by atoms with Crippen molar-refractivity contribution < 1.29 is 0 Å². The Morgan fingerprint density at radius 2 is 2.13 bits per heavy atom. The number of rotatable bonds is 7. The molecule has 1 atom stereocenters. The highest BCUT2D eigenvalue weighted by atomic mass is 15.3. The molecule has 0 aliphatic carbocycles. The molecular weight excluding hydrogens is 288 g/mol. The van der Waals surface area contributed by atoms with Crippen LogP contribution in [0.5, 0.6) is 0 Å². The summed E-state index contributed by atoms with van der Waals surface area (Å²) in [4.78, 5) is 7.74. The Labute approximate surface area is 135 Å². The molecule has 0 amide bonds. The summed E-state index contributed by atoms with van der Waals surface area (Å²) >= 11 is 0. The average Bonchev–Trinajstić information content (AvgIpc) is 2.98. The van der Waals surface area contributed by atoms with Crippen LogP contribution in [0.3, 0.4) is 0 Å². The number of para-hydroxylation sites is 1. The van der Waals surface area contributed by atoms with Gasteiger partial charge in [0.1, 0.15) is 0 Å². The van der Waals surface area contributed by atoms with Crippen LogP contribution >= 0.6 is 0 Å². The zero-order valence-corrected chi connectivity index (χ0v) is 13.5. The van der Waals surface area contributed by atoms with Gasteiger partial charge in [-0.3, -0.25) is 0 Å². The molecule has 0 saturated carbocycles. The van der Waals surface area contributed by atoms with E-state index in [4.69, 9.17) is 0 Å². The molecule has 23 heavy (non-hydrogen) atoms. The smallest absolute Gasteiger partial charge is 0.244 e. The van der Waals surface area contributed by atoms with E-state index < -0.39 is 0 Å². The summed E-state index contributed by atoms with van der Waals surface area (Å²) in [6.45, 7) is 5.01. The van der Waals surface area contributed by atoms with E-state index in [1.54, 1.807) is 6.20 Å². The van der Waals surface area contributed by atoms with Gasteiger partial charge in [0.2, 0.25) is 5.95 Å². The minimum Gasteiger partial charge on any atom is -0.368 e. The monoisotopic (exact) mass is 310 g/mol. The Morgan fingerprint density at radius 1 is 1.26 bits per heavy atom. The summed E-state index contributed by atoms with van der Waals surface area (Å²) in [5, 5.41) is 15.8. The number of hydrogen-bond acceptors (Lipinski definition) is 5. The fraction of sp³-hybridized carbons (Fsp3) is 0.353. The second-order valence-corrected chi connectivity index (χ2v) is 5.66. The van der Waals surface area contributed by atoms with Crippen molar-refractivity contribution in [3.8, 4) is 0 Å². The number of nitrogens with zero attached hydrogens (tertiary/aromatic N) is 3. The van der Waals surface area contributed by atoms with Crippen molar-refractivity contribution in [1.82, 2.24) is 20.2 Å². The number of hydrogen-bond donors (Lipinski definition) is 3. The summed E-state index contributed by atoms with van der Waals surface area (Å²) in [5.74, 6) is 1.31. The SMILES string of the molecule is CCC(C)Nc1nncc(NCCc2c[nH]c3ccccc23)n1. The molecule has 120 valence electrons. The third-order valence-corrected chi connectivity index (χ3v) is 3.92. The Bertz CT molecular complexity index is 766. The Balaban J connectivity index is 1.59. The number of nitrogens with one attached hydrogen (secondary N) is 3. The van der Waals surface area contributed by atoms with Gasteiger partial charge in [0, 0.05) is 29.7 Å². The summed E-state index contributed by atoms with van der Waals surface area (Å²) < 4.78 is 0. The highest BCUT2D eigenvalue weighted by molar-refractivity contribution is 5.83. The molecule has 3 rings (SSSR count). The van der Waals surface area contributed by atoms with E-state index in [0.717, 1.165) is 25.2 Å². The minimum absolute atomic E-state index is 0.332. The second-order valence-electron chi connectivity index (χ2n) is 5.66. The highest BCUT2D eigenvalue weighted by Crippen LogP contribution is 2.18. The van der Waals surface area contributed by atoms with Gasteiger partial charge in [-0.05, 0) is 31.4 Å². The Morgan fingerprint density at radius 3 is 3.00 bits per heavy atom. The largest absolute Gasteiger partial charge is 0.368 e. The van der Waals surface area contributed by atoms with Crippen molar-refractivity contribution in [2.75, 3.05) is 17.2 Å². The van der Waals surface area contributed by atoms with Crippen LogP contribution in [0.1, 0.15) is 25.8 Å². The van der Waals surface area contributed by atoms with Crippen LogP contribution in [0.15, 0.2) is 36.7 Å². The maximum absolute atomic E-state index is 4.44. The molecule has 6 nitrogen and oxygen atoms in total. The molecule has 1 unspecified atom stereocenters. The van der Waals surface area contributed by atoms with Crippen molar-refractivity contribution >= 4 is 22.7 Å². The van der Waals surface area contributed by atoms with Crippen molar-refractivity contribution in [1.29, 1.82) is 0 Å². The van der Waals surface area contributed by atoms with Crippen LogP contribution in [-0.2, 0) is 6.42 Å². The number of benzene rings is 1. The quantitative estimate of drug-likeness (QED) is 0.624. The first-order chi connectivity index (χ1) is 11.3. The number of anilines is 2. The molecule has 1 aromatic carbocycles. The zero-order chi connectivity index (χ0) is 16.1. The molecule has 0 fully saturated rings. The van der Waals surface area contributed by atoms with Gasteiger partial charge in [0.05, 0.1) is 6.20 Å². The van der Waals surface area contributed by atoms with Crippen LogP contribution in [0.25, 0.3) is 10.9 Å². The van der Waals surface area contributed by atoms with E-state index in [-0.39, 0.29) is 0 Å². The van der Waals surface area contributed by atoms with Crippen molar-refractivity contribution in [2.45, 2.75) is 32.7 Å². The molecule has 0 aliphatic rings. The lowest BCUT2D eigenvalue weighted by molar-refractivity contribution is 0.746. The maximum atomic E-state index is 4.44. The van der Waals surface area contributed by atoms with E-state index in [2.05, 4.69) is 69.0 Å². The Hall–Kier alpha value is -2.63. The fourth-order valence-corrected chi connectivity index (χ4v) is 2.44. The fourth-order valence-electron chi connectivity index (χ4n) is 2.44. The van der Waals surface area contributed by atoms with E-state index in [1.165, 1.54) is 16.5 Å². The molecule has 0 radical (unpaired) electrons. The normalized spacial score (nSPS) is 12.3. The first kappa shape index (κ1) is 15.3. The van der Waals surface area contributed by atoms with Crippen molar-refractivity contribution in [2.24, 2.45) is 0 Å². The number of fused-ring (bicyclic) bond motifs is 1. The van der Waals surface area contributed by atoms with Gasteiger partial charge < -0.3 is 15.6 Å². The van der Waals surface area contributed by atoms with Crippen LogP contribution in [0, 0.1) is 0 Å². The van der Waals surface area contributed by atoms with Crippen LogP contribution in [-0.4, -0.2) is 32.8 Å². The van der Waals surface area contributed by atoms with Crippen molar-refractivity contribution in [3.05, 3.63) is 42.2 Å². The average molecular weight is 310 g/mol. The van der Waals surface area contributed by atoms with Gasteiger partial charge in [-0.25, -0.2) is 0 Å². The molecule has 2 heterocycles. The number of H-pyrrole nitrogens is 1. The molecular formula is C17H22N6. The lowest BCUT2D eigenvalue weighted by atomic mass is 10.1. The van der Waals surface area contributed by atoms with Gasteiger partial charge in [0.15, 0.2) is 5.82 Å². The number of aromatic nitrogens is 4. The second kappa shape index (κ2) is 7.09. The molecule has 6 heteroatoms. The predicted molar refractivity (Wildman–Crippen MR) is 93.7 cm³/mol. The van der Waals surface area contributed by atoms with E-state index >= 15 is 0 Å². The third kappa shape index (κ3) is 3.77. The highest BCUT2D eigenvalue weighted by Gasteiger charge is 2.05. The number of aromatic amines is 1. The zero-order valence-electron chi connectivity index (χ0n) is 13.5. The lowest BCUT2D eigenvalue weighted by Gasteiger charge is -2.11. The van der Waals surface area contributed by atoms with Crippen molar-refractivity contribution in [3.63, 3.8) is 0 Å². The molecule has 3 aromatic rings. The molecule has 0 spiro atoms. The summed E-state index contributed by atoms with van der Waals surface area (Å²) in [7, 11) is 0.